The Morgan fingerprint density at radius 2 is 2.16 bits per heavy atom. The first-order chi connectivity index (χ1) is 9.06. The Hall–Kier alpha value is -2.77. The summed E-state index contributed by atoms with van der Waals surface area (Å²) in [6.07, 6.45) is 0. The zero-order valence-electron chi connectivity index (χ0n) is 10.1. The van der Waals surface area contributed by atoms with Crippen molar-refractivity contribution in [1.82, 2.24) is 20.4 Å². The number of primary amides is 1. The minimum Gasteiger partial charge on any atom is -0.361 e. The van der Waals surface area contributed by atoms with E-state index in [9.17, 15) is 9.59 Å². The monoisotopic (exact) mass is 261 g/mol. The number of pyridine rings is 1. The molecule has 0 saturated carbocycles. The number of hydrogen-bond donors (Lipinski definition) is 2. The van der Waals surface area contributed by atoms with Gasteiger partial charge in [0.25, 0.3) is 5.91 Å². The van der Waals surface area contributed by atoms with Crippen LogP contribution in [0.5, 0.6) is 0 Å². The number of aromatic nitrogens is 3. The molecule has 0 unspecified atom stereocenters. The Labute approximate surface area is 108 Å². The molecule has 8 nitrogen and oxygen atoms in total. The van der Waals surface area contributed by atoms with E-state index in [1.54, 1.807) is 25.1 Å². The molecule has 0 bridgehead atoms. The summed E-state index contributed by atoms with van der Waals surface area (Å²) in [5.41, 5.74) is 5.99. The van der Waals surface area contributed by atoms with E-state index >= 15 is 0 Å². The molecule has 0 aromatic carbocycles. The maximum Gasteiger partial charge on any atom is 0.315 e. The molecule has 0 aliphatic rings. The van der Waals surface area contributed by atoms with Crippen LogP contribution in [0.4, 0.5) is 0 Å². The van der Waals surface area contributed by atoms with Crippen molar-refractivity contribution in [3.05, 3.63) is 41.3 Å². The normalized spacial score (nSPS) is 10.2. The molecule has 8 heteroatoms. The summed E-state index contributed by atoms with van der Waals surface area (Å²) in [6, 6.07) is 5.11. The predicted octanol–water partition coefficient (Wildman–Crippen LogP) is -0.198. The molecular weight excluding hydrogens is 250 g/mol. The second-order valence-electron chi connectivity index (χ2n) is 3.73. The Morgan fingerprint density at radius 1 is 1.37 bits per heavy atom. The zero-order chi connectivity index (χ0) is 13.8. The molecule has 0 radical (unpaired) electrons. The van der Waals surface area contributed by atoms with Crippen LogP contribution >= 0.6 is 0 Å². The maximum absolute atomic E-state index is 11.8. The minimum absolute atomic E-state index is 0.0191. The summed E-state index contributed by atoms with van der Waals surface area (Å²) in [6.45, 7) is 1.81. The quantitative estimate of drug-likeness (QED) is 0.785. The molecule has 0 fully saturated rings. The lowest BCUT2D eigenvalue weighted by molar-refractivity contribution is 0.0940. The van der Waals surface area contributed by atoms with E-state index < -0.39 is 5.91 Å². The van der Waals surface area contributed by atoms with Gasteiger partial charge in [-0.05, 0) is 19.1 Å². The first kappa shape index (κ1) is 12.7. The van der Waals surface area contributed by atoms with Gasteiger partial charge >= 0.3 is 11.8 Å². The molecule has 3 N–H and O–H groups in total. The first-order valence-corrected chi connectivity index (χ1v) is 5.40. The van der Waals surface area contributed by atoms with Crippen molar-refractivity contribution in [3.63, 3.8) is 0 Å². The third-order valence-corrected chi connectivity index (χ3v) is 2.21. The van der Waals surface area contributed by atoms with Gasteiger partial charge < -0.3 is 15.6 Å². The molecule has 0 atom stereocenters. The Kier molecular flexibility index (Phi) is 3.51. The largest absolute Gasteiger partial charge is 0.361 e. The maximum atomic E-state index is 11.8. The van der Waals surface area contributed by atoms with Gasteiger partial charge in [-0.1, -0.05) is 11.2 Å². The van der Waals surface area contributed by atoms with Crippen LogP contribution in [0.1, 0.15) is 32.7 Å². The van der Waals surface area contributed by atoms with Crippen molar-refractivity contribution in [1.29, 1.82) is 0 Å². The molecular formula is C11H11N5O3. The molecule has 2 amide bonds. The SMILES string of the molecule is Cc1cccc(C(=O)NCc2noc(C(N)=O)n2)n1. The average molecular weight is 261 g/mol. The number of carbonyl (C=O) groups is 2. The van der Waals surface area contributed by atoms with Crippen LogP contribution in [0.3, 0.4) is 0 Å². The molecule has 2 aromatic heterocycles. The van der Waals surface area contributed by atoms with Crippen LogP contribution in [0.25, 0.3) is 0 Å². The predicted molar refractivity (Wildman–Crippen MR) is 63.0 cm³/mol. The van der Waals surface area contributed by atoms with E-state index in [1.165, 1.54) is 0 Å². The molecule has 0 aliphatic heterocycles. The van der Waals surface area contributed by atoms with Crippen LogP contribution < -0.4 is 11.1 Å². The lowest BCUT2D eigenvalue weighted by Gasteiger charge is -2.02. The highest BCUT2D eigenvalue weighted by atomic mass is 16.5. The fourth-order valence-corrected chi connectivity index (χ4v) is 1.35. The smallest absolute Gasteiger partial charge is 0.315 e. The summed E-state index contributed by atoms with van der Waals surface area (Å²) in [7, 11) is 0. The number of aryl methyl sites for hydroxylation is 1. The molecule has 2 aromatic rings. The minimum atomic E-state index is -0.814. The van der Waals surface area contributed by atoms with Crippen molar-refractivity contribution in [3.8, 4) is 0 Å². The third-order valence-electron chi connectivity index (χ3n) is 2.21. The van der Waals surface area contributed by atoms with E-state index in [4.69, 9.17) is 5.73 Å². The number of nitrogens with two attached hydrogens (primary N) is 1. The van der Waals surface area contributed by atoms with Gasteiger partial charge in [-0.2, -0.15) is 4.98 Å². The van der Waals surface area contributed by atoms with Gasteiger partial charge in [-0.3, -0.25) is 9.59 Å². The molecule has 0 spiro atoms. The second kappa shape index (κ2) is 5.25. The number of nitrogens with zero attached hydrogens (tertiary/aromatic N) is 3. The van der Waals surface area contributed by atoms with E-state index in [0.29, 0.717) is 5.69 Å². The van der Waals surface area contributed by atoms with E-state index in [0.717, 1.165) is 5.69 Å². The lowest BCUT2D eigenvalue weighted by atomic mass is 10.3. The second-order valence-corrected chi connectivity index (χ2v) is 3.73. The van der Waals surface area contributed by atoms with Gasteiger partial charge in [0, 0.05) is 5.69 Å². The molecule has 0 saturated heterocycles. The number of hydrogen-bond acceptors (Lipinski definition) is 6. The zero-order valence-corrected chi connectivity index (χ0v) is 10.1. The molecule has 98 valence electrons. The van der Waals surface area contributed by atoms with Crippen LogP contribution in [0, 0.1) is 6.92 Å². The number of carbonyl (C=O) groups excluding carboxylic acids is 2. The van der Waals surface area contributed by atoms with Gasteiger partial charge in [0.1, 0.15) is 5.69 Å². The summed E-state index contributed by atoms with van der Waals surface area (Å²) in [5.74, 6) is -1.31. The van der Waals surface area contributed by atoms with Crippen molar-refractivity contribution >= 4 is 11.8 Å². The topological polar surface area (TPSA) is 124 Å². The number of amides is 2. The van der Waals surface area contributed by atoms with Gasteiger partial charge in [0.2, 0.25) is 0 Å². The molecule has 2 heterocycles. The Balaban J connectivity index is 1.98. The van der Waals surface area contributed by atoms with Crippen LogP contribution in [-0.2, 0) is 6.54 Å². The fraction of sp³-hybridized carbons (Fsp3) is 0.182. The van der Waals surface area contributed by atoms with Crippen LogP contribution in [0.2, 0.25) is 0 Å². The van der Waals surface area contributed by atoms with Crippen molar-refractivity contribution < 1.29 is 14.1 Å². The van der Waals surface area contributed by atoms with Crippen molar-refractivity contribution in [2.45, 2.75) is 13.5 Å². The number of rotatable bonds is 4. The Morgan fingerprint density at radius 3 is 2.79 bits per heavy atom. The highest BCUT2D eigenvalue weighted by Gasteiger charge is 2.13. The van der Waals surface area contributed by atoms with E-state index in [-0.39, 0.29) is 24.2 Å². The first-order valence-electron chi connectivity index (χ1n) is 5.40. The standard InChI is InChI=1S/C11H11N5O3/c1-6-3-2-4-7(14-6)10(18)13-5-8-15-11(9(12)17)19-16-8/h2-4H,5H2,1H3,(H2,12,17)(H,13,18). The highest BCUT2D eigenvalue weighted by Crippen LogP contribution is 1.99. The summed E-state index contributed by atoms with van der Waals surface area (Å²) in [5, 5.41) is 6.05. The lowest BCUT2D eigenvalue weighted by Crippen LogP contribution is -2.24. The third kappa shape index (κ3) is 3.12. The fourth-order valence-electron chi connectivity index (χ4n) is 1.35. The van der Waals surface area contributed by atoms with Gasteiger partial charge in [-0.25, -0.2) is 4.98 Å². The Bertz CT molecular complexity index is 622. The van der Waals surface area contributed by atoms with Crippen LogP contribution in [0.15, 0.2) is 22.7 Å². The molecule has 19 heavy (non-hydrogen) atoms. The van der Waals surface area contributed by atoms with Crippen LogP contribution in [-0.4, -0.2) is 26.9 Å². The van der Waals surface area contributed by atoms with Gasteiger partial charge in [0.05, 0.1) is 6.54 Å². The van der Waals surface area contributed by atoms with E-state index in [2.05, 4.69) is 25.0 Å². The average Bonchev–Trinajstić information content (AvgIpc) is 2.85. The highest BCUT2D eigenvalue weighted by molar-refractivity contribution is 5.92. The molecule has 0 aliphatic carbocycles. The van der Waals surface area contributed by atoms with Crippen molar-refractivity contribution in [2.24, 2.45) is 5.73 Å². The van der Waals surface area contributed by atoms with Gasteiger partial charge in [-0.15, -0.1) is 0 Å². The summed E-state index contributed by atoms with van der Waals surface area (Å²) >= 11 is 0. The van der Waals surface area contributed by atoms with E-state index in [1.807, 2.05) is 0 Å². The van der Waals surface area contributed by atoms with Crippen molar-refractivity contribution in [2.75, 3.05) is 0 Å². The van der Waals surface area contributed by atoms with Gasteiger partial charge in [0.15, 0.2) is 5.82 Å². The number of nitrogens with one attached hydrogen (secondary N) is 1. The molecule has 2 rings (SSSR count). The summed E-state index contributed by atoms with van der Waals surface area (Å²) in [4.78, 5) is 30.3. The summed E-state index contributed by atoms with van der Waals surface area (Å²) < 4.78 is 4.58.